The molecule has 2 N–H and O–H groups in total. The first-order chi connectivity index (χ1) is 10.9. The lowest BCUT2D eigenvalue weighted by Crippen LogP contribution is -2.67. The molecule has 0 aromatic heterocycles. The molecule has 126 valence electrons. The molecular weight excluding hydrogens is 333 g/mol. The van der Waals surface area contributed by atoms with E-state index < -0.39 is 0 Å². The Hall–Kier alpha value is -0.970. The fourth-order valence-electron chi connectivity index (χ4n) is 3.80. The van der Waals surface area contributed by atoms with Crippen LogP contribution in [0.3, 0.4) is 0 Å². The summed E-state index contributed by atoms with van der Waals surface area (Å²) in [4.78, 5) is 4.34. The molecule has 1 aromatic carbocycles. The minimum atomic E-state index is 0.122. The molecule has 3 atom stereocenters. The third-order valence-corrected chi connectivity index (χ3v) is 5.66. The van der Waals surface area contributed by atoms with Crippen LogP contribution in [0.25, 0.3) is 0 Å². The lowest BCUT2D eigenvalue weighted by Gasteiger charge is -2.54. The van der Waals surface area contributed by atoms with Crippen LogP contribution in [0, 0.1) is 11.3 Å². The summed E-state index contributed by atoms with van der Waals surface area (Å²) >= 11 is 12.1. The van der Waals surface area contributed by atoms with Gasteiger partial charge in [0.2, 0.25) is 0 Å². The third-order valence-electron chi connectivity index (χ3n) is 5.08. The molecule has 4 nitrogen and oxygen atoms in total. The summed E-state index contributed by atoms with van der Waals surface area (Å²) in [5.41, 5.74) is 1.12. The first-order valence-corrected chi connectivity index (χ1v) is 8.72. The van der Waals surface area contributed by atoms with E-state index in [9.17, 15) is 0 Å². The van der Waals surface area contributed by atoms with E-state index in [0.717, 1.165) is 24.6 Å². The number of aliphatic imine (C=N–C) groups is 1. The maximum absolute atomic E-state index is 6.22. The van der Waals surface area contributed by atoms with Crippen molar-refractivity contribution in [2.75, 3.05) is 13.7 Å². The average molecular weight is 356 g/mol. The molecule has 1 saturated heterocycles. The van der Waals surface area contributed by atoms with E-state index in [-0.39, 0.29) is 5.41 Å². The molecule has 1 aromatic rings. The normalized spacial score (nSPS) is 28.9. The Bertz CT molecular complexity index is 618. The highest BCUT2D eigenvalue weighted by Crippen LogP contribution is 2.52. The van der Waals surface area contributed by atoms with E-state index in [4.69, 9.17) is 27.9 Å². The number of nitrogens with one attached hydrogen (secondary N) is 2. The van der Waals surface area contributed by atoms with Crippen molar-refractivity contribution < 1.29 is 4.74 Å². The van der Waals surface area contributed by atoms with Crippen LogP contribution >= 0.6 is 23.2 Å². The smallest absolute Gasteiger partial charge is 0.191 e. The van der Waals surface area contributed by atoms with Gasteiger partial charge in [-0.05, 0) is 24.1 Å². The van der Waals surface area contributed by atoms with Crippen LogP contribution in [0.4, 0.5) is 0 Å². The highest BCUT2D eigenvalue weighted by molar-refractivity contribution is 6.35. The third kappa shape index (κ3) is 3.17. The van der Waals surface area contributed by atoms with E-state index >= 15 is 0 Å². The zero-order chi connectivity index (χ0) is 16.6. The van der Waals surface area contributed by atoms with Crippen LogP contribution in [0.15, 0.2) is 23.2 Å². The van der Waals surface area contributed by atoms with Gasteiger partial charge in [-0.3, -0.25) is 4.99 Å². The molecule has 0 radical (unpaired) electrons. The van der Waals surface area contributed by atoms with Crippen molar-refractivity contribution in [1.29, 1.82) is 0 Å². The predicted molar refractivity (Wildman–Crippen MR) is 95.2 cm³/mol. The van der Waals surface area contributed by atoms with Crippen LogP contribution in [-0.4, -0.2) is 31.8 Å². The number of hydrogen-bond acceptors (Lipinski definition) is 2. The van der Waals surface area contributed by atoms with Gasteiger partial charge in [0.1, 0.15) is 0 Å². The van der Waals surface area contributed by atoms with Crippen molar-refractivity contribution in [3.63, 3.8) is 0 Å². The second-order valence-corrected chi connectivity index (χ2v) is 7.69. The summed E-state index contributed by atoms with van der Waals surface area (Å²) in [5.74, 6) is 1.36. The van der Waals surface area contributed by atoms with E-state index in [1.54, 1.807) is 13.1 Å². The van der Waals surface area contributed by atoms with Gasteiger partial charge in [0.25, 0.3) is 0 Å². The zero-order valence-corrected chi connectivity index (χ0v) is 15.2. The molecule has 0 amide bonds. The standard InChI is InChI=1S/C17H23Cl2N3O/c1-17(2)14(12-6-7-23-15(12)17)22-16(20-3)21-9-10-4-5-11(18)8-13(10)19/h4-5,8,12,14-15H,6-7,9H2,1-3H3,(H2,20,21,22). The van der Waals surface area contributed by atoms with Crippen LogP contribution < -0.4 is 10.6 Å². The predicted octanol–water partition coefficient (Wildman–Crippen LogP) is 3.47. The SMILES string of the molecule is CN=C(NCc1ccc(Cl)cc1Cl)NC1C2CCOC2C1(C)C. The number of ether oxygens (including phenoxy) is 1. The minimum Gasteiger partial charge on any atom is -0.377 e. The van der Waals surface area contributed by atoms with Crippen LogP contribution in [0.1, 0.15) is 25.8 Å². The Morgan fingerprint density at radius 1 is 1.39 bits per heavy atom. The van der Waals surface area contributed by atoms with Crippen molar-refractivity contribution in [3.05, 3.63) is 33.8 Å². The van der Waals surface area contributed by atoms with Gasteiger partial charge in [0, 0.05) is 47.6 Å². The second-order valence-electron chi connectivity index (χ2n) is 6.85. The summed E-state index contributed by atoms with van der Waals surface area (Å²) in [6, 6.07) is 5.91. The van der Waals surface area contributed by atoms with Crippen molar-refractivity contribution in [1.82, 2.24) is 10.6 Å². The van der Waals surface area contributed by atoms with Gasteiger partial charge in [-0.1, -0.05) is 43.1 Å². The molecule has 6 heteroatoms. The van der Waals surface area contributed by atoms with Crippen molar-refractivity contribution in [3.8, 4) is 0 Å². The molecular formula is C17H23Cl2N3O. The van der Waals surface area contributed by atoms with Crippen LogP contribution in [0.5, 0.6) is 0 Å². The van der Waals surface area contributed by atoms with Crippen molar-refractivity contribution in [2.45, 2.75) is 39.0 Å². The van der Waals surface area contributed by atoms with Gasteiger partial charge in [-0.15, -0.1) is 0 Å². The first-order valence-electron chi connectivity index (χ1n) is 7.96. The summed E-state index contributed by atoms with van der Waals surface area (Å²) in [5, 5.41) is 8.19. The molecule has 1 heterocycles. The lowest BCUT2D eigenvalue weighted by molar-refractivity contribution is -0.106. The summed E-state index contributed by atoms with van der Waals surface area (Å²) < 4.78 is 5.84. The van der Waals surface area contributed by atoms with Crippen molar-refractivity contribution >= 4 is 29.2 Å². The van der Waals surface area contributed by atoms with Crippen LogP contribution in [-0.2, 0) is 11.3 Å². The van der Waals surface area contributed by atoms with Gasteiger partial charge in [-0.25, -0.2) is 0 Å². The second kappa shape index (κ2) is 6.50. The highest BCUT2D eigenvalue weighted by atomic mass is 35.5. The molecule has 23 heavy (non-hydrogen) atoms. The minimum absolute atomic E-state index is 0.122. The van der Waals surface area contributed by atoms with E-state index in [2.05, 4.69) is 29.5 Å². The Balaban J connectivity index is 1.61. The number of benzene rings is 1. The quantitative estimate of drug-likeness (QED) is 0.644. The molecule has 1 saturated carbocycles. The Kier molecular flexibility index (Phi) is 4.77. The van der Waals surface area contributed by atoms with Gasteiger partial charge in [-0.2, -0.15) is 0 Å². The maximum Gasteiger partial charge on any atom is 0.191 e. The fourth-order valence-corrected chi connectivity index (χ4v) is 4.28. The number of hydrogen-bond donors (Lipinski definition) is 2. The fraction of sp³-hybridized carbons (Fsp3) is 0.588. The Labute approximate surface area is 147 Å². The average Bonchev–Trinajstić information content (AvgIpc) is 2.96. The molecule has 3 unspecified atom stereocenters. The molecule has 0 spiro atoms. The number of guanidine groups is 1. The number of nitrogens with zero attached hydrogens (tertiary/aromatic N) is 1. The Morgan fingerprint density at radius 2 is 2.17 bits per heavy atom. The van der Waals surface area contributed by atoms with Crippen LogP contribution in [0.2, 0.25) is 10.0 Å². The molecule has 1 aliphatic heterocycles. The maximum atomic E-state index is 6.22. The van der Waals surface area contributed by atoms with Crippen molar-refractivity contribution in [2.24, 2.45) is 16.3 Å². The molecule has 1 aliphatic carbocycles. The number of halogens is 2. The molecule has 3 rings (SSSR count). The van der Waals surface area contributed by atoms with Gasteiger partial charge in [0.05, 0.1) is 6.10 Å². The van der Waals surface area contributed by atoms with E-state index in [0.29, 0.717) is 34.7 Å². The molecule has 0 bridgehead atoms. The van der Waals surface area contributed by atoms with E-state index in [1.165, 1.54) is 0 Å². The highest BCUT2D eigenvalue weighted by Gasteiger charge is 2.59. The van der Waals surface area contributed by atoms with Gasteiger partial charge < -0.3 is 15.4 Å². The zero-order valence-electron chi connectivity index (χ0n) is 13.7. The largest absolute Gasteiger partial charge is 0.377 e. The number of fused-ring (bicyclic) bond motifs is 1. The Morgan fingerprint density at radius 3 is 2.87 bits per heavy atom. The number of rotatable bonds is 3. The van der Waals surface area contributed by atoms with E-state index in [1.807, 2.05) is 12.1 Å². The summed E-state index contributed by atoms with van der Waals surface area (Å²) in [6.45, 7) is 5.97. The lowest BCUT2D eigenvalue weighted by atomic mass is 9.57. The summed E-state index contributed by atoms with van der Waals surface area (Å²) in [7, 11) is 1.78. The topological polar surface area (TPSA) is 45.7 Å². The van der Waals surface area contributed by atoms with Gasteiger partial charge in [0.15, 0.2) is 5.96 Å². The molecule has 2 fully saturated rings. The summed E-state index contributed by atoms with van der Waals surface area (Å²) in [6.07, 6.45) is 1.48. The monoisotopic (exact) mass is 355 g/mol. The van der Waals surface area contributed by atoms with Gasteiger partial charge >= 0.3 is 0 Å². The molecule has 2 aliphatic rings. The first kappa shape index (κ1) is 16.9.